The number of benzene rings is 6. The van der Waals surface area contributed by atoms with Crippen LogP contribution in [0, 0.1) is 0 Å². The highest BCUT2D eigenvalue weighted by Gasteiger charge is 2.36. The molecule has 7 aromatic rings. The van der Waals surface area contributed by atoms with Gasteiger partial charge in [-0.25, -0.2) is 0 Å². The maximum atomic E-state index is 3.71. The zero-order chi connectivity index (χ0) is 30.9. The number of fused-ring (bicyclic) bond motifs is 6. The summed E-state index contributed by atoms with van der Waals surface area (Å²) in [5.74, 6) is 0. The first-order chi connectivity index (χ1) is 21.7. The maximum Gasteiger partial charge on any atom is 0.0544 e. The maximum absolute atomic E-state index is 3.71. The van der Waals surface area contributed by atoms with Crippen LogP contribution in [-0.2, 0) is 10.8 Å². The summed E-state index contributed by atoms with van der Waals surface area (Å²) in [4.78, 5) is 6.09. The third-order valence-electron chi connectivity index (χ3n) is 9.78. The molecule has 0 aliphatic heterocycles. The molecule has 0 radical (unpaired) electrons. The lowest BCUT2D eigenvalue weighted by Crippen LogP contribution is -2.17. The summed E-state index contributed by atoms with van der Waals surface area (Å²) in [5.41, 5.74) is 15.0. The molecular weight excluding hydrogens is 544 g/mol. The number of H-pyrrole nitrogens is 1. The van der Waals surface area contributed by atoms with Crippen molar-refractivity contribution in [2.24, 2.45) is 0 Å². The average molecular weight is 583 g/mol. The number of aromatic nitrogens is 1. The molecule has 0 bridgehead atoms. The van der Waals surface area contributed by atoms with Crippen LogP contribution in [0.4, 0.5) is 17.1 Å². The number of rotatable bonds is 4. The molecule has 0 amide bonds. The molecule has 2 heteroatoms. The van der Waals surface area contributed by atoms with Gasteiger partial charge in [0.2, 0.25) is 0 Å². The van der Waals surface area contributed by atoms with Gasteiger partial charge in [-0.2, -0.15) is 0 Å². The lowest BCUT2D eigenvalue weighted by atomic mass is 9.81. The van der Waals surface area contributed by atoms with Crippen molar-refractivity contribution in [3.05, 3.63) is 150 Å². The van der Waals surface area contributed by atoms with Crippen LogP contribution in [0.15, 0.2) is 133 Å². The Kier molecular flexibility index (Phi) is 6.09. The minimum atomic E-state index is -0.149. The second kappa shape index (κ2) is 9.97. The Balaban J connectivity index is 1.23. The molecule has 1 aliphatic rings. The smallest absolute Gasteiger partial charge is 0.0544 e. The van der Waals surface area contributed by atoms with E-state index >= 15 is 0 Å². The number of nitrogens with zero attached hydrogens (tertiary/aromatic N) is 1. The van der Waals surface area contributed by atoms with Gasteiger partial charge in [0, 0.05) is 44.3 Å². The fraction of sp³-hybridized carbons (Fsp3) is 0.163. The predicted octanol–water partition coefficient (Wildman–Crippen LogP) is 12.1. The van der Waals surface area contributed by atoms with Crippen molar-refractivity contribution in [1.29, 1.82) is 0 Å². The topological polar surface area (TPSA) is 19.0 Å². The Morgan fingerprint density at radius 3 is 1.91 bits per heavy atom. The first-order valence-electron chi connectivity index (χ1n) is 16.0. The zero-order valence-corrected chi connectivity index (χ0v) is 26.6. The lowest BCUT2D eigenvalue weighted by Gasteiger charge is -2.29. The van der Waals surface area contributed by atoms with Gasteiger partial charge in [0.05, 0.1) is 5.52 Å². The summed E-state index contributed by atoms with van der Waals surface area (Å²) in [6, 6.07) is 49.1. The molecule has 1 aliphatic carbocycles. The fourth-order valence-electron chi connectivity index (χ4n) is 7.28. The third-order valence-corrected chi connectivity index (χ3v) is 9.78. The average Bonchev–Trinajstić information content (AvgIpc) is 3.54. The summed E-state index contributed by atoms with van der Waals surface area (Å²) >= 11 is 0. The van der Waals surface area contributed by atoms with Gasteiger partial charge in [0.25, 0.3) is 0 Å². The van der Waals surface area contributed by atoms with Gasteiger partial charge in [-0.1, -0.05) is 120 Å². The van der Waals surface area contributed by atoms with Crippen LogP contribution in [-0.4, -0.2) is 4.98 Å². The molecule has 1 N–H and O–H groups in total. The van der Waals surface area contributed by atoms with Crippen LogP contribution in [0.25, 0.3) is 44.1 Å². The second-order valence-electron chi connectivity index (χ2n) is 14.0. The van der Waals surface area contributed by atoms with Crippen molar-refractivity contribution in [1.82, 2.24) is 4.98 Å². The van der Waals surface area contributed by atoms with E-state index in [-0.39, 0.29) is 10.8 Å². The lowest BCUT2D eigenvalue weighted by molar-refractivity contribution is 0.590. The van der Waals surface area contributed by atoms with E-state index in [4.69, 9.17) is 0 Å². The molecule has 220 valence electrons. The van der Waals surface area contributed by atoms with E-state index in [1.165, 1.54) is 66.4 Å². The molecular formula is C43H38N2. The van der Waals surface area contributed by atoms with Gasteiger partial charge in [-0.05, 0) is 87.3 Å². The Morgan fingerprint density at radius 2 is 1.16 bits per heavy atom. The molecule has 45 heavy (non-hydrogen) atoms. The van der Waals surface area contributed by atoms with E-state index in [0.29, 0.717) is 0 Å². The number of anilines is 3. The highest BCUT2D eigenvalue weighted by molar-refractivity contribution is 6.12. The minimum Gasteiger partial charge on any atom is -0.354 e. The molecule has 1 aromatic heterocycles. The zero-order valence-electron chi connectivity index (χ0n) is 26.6. The molecule has 6 aromatic carbocycles. The van der Waals surface area contributed by atoms with E-state index in [1.807, 2.05) is 0 Å². The minimum absolute atomic E-state index is 0.109. The number of aromatic amines is 1. The van der Waals surface area contributed by atoms with Gasteiger partial charge in [-0.3, -0.25) is 0 Å². The molecule has 0 unspecified atom stereocenters. The second-order valence-corrected chi connectivity index (χ2v) is 14.0. The van der Waals surface area contributed by atoms with Gasteiger partial charge < -0.3 is 9.88 Å². The van der Waals surface area contributed by atoms with Crippen molar-refractivity contribution >= 4 is 38.9 Å². The third kappa shape index (κ3) is 4.39. The van der Waals surface area contributed by atoms with Crippen LogP contribution < -0.4 is 4.90 Å². The molecule has 0 spiro atoms. The standard InChI is InChI=1S/C43H38N2/c1-42(2,3)29-19-21-31(22-20-29)45(30-12-7-6-8-13-30)32-23-25-35-34-24-18-28(26-38(34)43(4,5)39(35)27-32)33-15-11-16-37-36-14-9-10-17-40(36)44-41(33)37/h6-27,44H,1-5H3. The van der Waals surface area contributed by atoms with Gasteiger partial charge in [-0.15, -0.1) is 0 Å². The summed E-state index contributed by atoms with van der Waals surface area (Å²) in [7, 11) is 0. The largest absolute Gasteiger partial charge is 0.354 e. The number of nitrogens with one attached hydrogen (secondary N) is 1. The summed E-state index contributed by atoms with van der Waals surface area (Å²) in [6.07, 6.45) is 0. The number of para-hydroxylation sites is 3. The van der Waals surface area contributed by atoms with Crippen LogP contribution in [0.2, 0.25) is 0 Å². The SMILES string of the molecule is CC(C)(C)c1ccc(N(c2ccccc2)c2ccc3c(c2)C(C)(C)c2cc(-c4cccc5c4[nH]c4ccccc45)ccc2-3)cc1. The first kappa shape index (κ1) is 27.5. The first-order valence-corrected chi connectivity index (χ1v) is 16.0. The van der Waals surface area contributed by atoms with E-state index in [1.54, 1.807) is 0 Å². The van der Waals surface area contributed by atoms with Gasteiger partial charge in [0.1, 0.15) is 0 Å². The predicted molar refractivity (Wildman–Crippen MR) is 192 cm³/mol. The highest BCUT2D eigenvalue weighted by Crippen LogP contribution is 2.52. The molecule has 8 rings (SSSR count). The van der Waals surface area contributed by atoms with Crippen molar-refractivity contribution < 1.29 is 0 Å². The van der Waals surface area contributed by atoms with E-state index in [2.05, 4.69) is 178 Å². The Morgan fingerprint density at radius 1 is 0.533 bits per heavy atom. The van der Waals surface area contributed by atoms with Crippen molar-refractivity contribution in [2.75, 3.05) is 4.90 Å². The van der Waals surface area contributed by atoms with Crippen LogP contribution in [0.3, 0.4) is 0 Å². The molecule has 0 saturated heterocycles. The Hall–Kier alpha value is -5.08. The highest BCUT2D eigenvalue weighted by atomic mass is 15.1. The molecule has 0 fully saturated rings. The normalized spacial score (nSPS) is 13.6. The van der Waals surface area contributed by atoms with Gasteiger partial charge in [0.15, 0.2) is 0 Å². The van der Waals surface area contributed by atoms with E-state index in [0.717, 1.165) is 11.4 Å². The monoisotopic (exact) mass is 582 g/mol. The summed E-state index contributed by atoms with van der Waals surface area (Å²) in [5, 5.41) is 2.54. The summed E-state index contributed by atoms with van der Waals surface area (Å²) < 4.78 is 0. The van der Waals surface area contributed by atoms with Crippen LogP contribution >= 0.6 is 0 Å². The fourth-order valence-corrected chi connectivity index (χ4v) is 7.28. The quantitative estimate of drug-likeness (QED) is 0.219. The van der Waals surface area contributed by atoms with Crippen molar-refractivity contribution in [3.8, 4) is 22.3 Å². The Labute approximate surface area is 266 Å². The van der Waals surface area contributed by atoms with Crippen molar-refractivity contribution in [3.63, 3.8) is 0 Å². The molecule has 1 heterocycles. The van der Waals surface area contributed by atoms with Crippen LogP contribution in [0.1, 0.15) is 51.3 Å². The Bertz CT molecular complexity index is 2210. The molecule has 0 saturated carbocycles. The molecule has 2 nitrogen and oxygen atoms in total. The van der Waals surface area contributed by atoms with Crippen LogP contribution in [0.5, 0.6) is 0 Å². The van der Waals surface area contributed by atoms with E-state index in [9.17, 15) is 0 Å². The van der Waals surface area contributed by atoms with E-state index < -0.39 is 0 Å². The van der Waals surface area contributed by atoms with Gasteiger partial charge >= 0.3 is 0 Å². The summed E-state index contributed by atoms with van der Waals surface area (Å²) in [6.45, 7) is 11.6. The van der Waals surface area contributed by atoms with Crippen molar-refractivity contribution in [2.45, 2.75) is 45.4 Å². The number of hydrogen-bond acceptors (Lipinski definition) is 1. The molecule has 0 atom stereocenters. The number of hydrogen-bond donors (Lipinski definition) is 1.